The number of aromatic nitrogens is 1. The Morgan fingerprint density at radius 1 is 1.25 bits per heavy atom. The van der Waals surface area contributed by atoms with Crippen LogP contribution in [0.4, 0.5) is 20.3 Å². The maximum absolute atomic E-state index is 13.9. The van der Waals surface area contributed by atoms with E-state index in [1.807, 2.05) is 4.72 Å². The van der Waals surface area contributed by atoms with E-state index >= 15 is 0 Å². The first kappa shape index (κ1) is 14.2. The lowest BCUT2D eigenvalue weighted by Crippen LogP contribution is -2.16. The molecule has 106 valence electrons. The fraction of sp³-hybridized carbons (Fsp3) is 0.0833. The Balaban J connectivity index is 2.46. The molecule has 8 heteroatoms. The predicted octanol–water partition coefficient (Wildman–Crippen LogP) is 2.05. The first-order valence-electron chi connectivity index (χ1n) is 5.50. The van der Waals surface area contributed by atoms with Crippen molar-refractivity contribution in [3.8, 4) is 0 Å². The molecule has 1 aromatic carbocycles. The van der Waals surface area contributed by atoms with E-state index in [2.05, 4.69) is 4.98 Å². The molecule has 0 radical (unpaired) electrons. The minimum atomic E-state index is -4.24. The van der Waals surface area contributed by atoms with Crippen LogP contribution in [0, 0.1) is 18.7 Å². The largest absolute Gasteiger partial charge is 0.399 e. The molecule has 0 atom stereocenters. The molecule has 5 nitrogen and oxygen atoms in total. The van der Waals surface area contributed by atoms with Gasteiger partial charge in [0.2, 0.25) is 5.95 Å². The maximum Gasteiger partial charge on any atom is 0.266 e. The fourth-order valence-corrected chi connectivity index (χ4v) is 2.80. The molecule has 2 rings (SSSR count). The summed E-state index contributed by atoms with van der Waals surface area (Å²) in [6, 6.07) is 5.89. The highest BCUT2D eigenvalue weighted by molar-refractivity contribution is 7.92. The van der Waals surface area contributed by atoms with Gasteiger partial charge < -0.3 is 5.73 Å². The van der Waals surface area contributed by atoms with Gasteiger partial charge in [0.1, 0.15) is 16.5 Å². The Kier molecular flexibility index (Phi) is 3.58. The van der Waals surface area contributed by atoms with Crippen molar-refractivity contribution >= 4 is 21.5 Å². The number of anilines is 2. The second kappa shape index (κ2) is 5.04. The number of nitrogens with two attached hydrogens (primary N) is 1. The van der Waals surface area contributed by atoms with E-state index in [1.54, 1.807) is 0 Å². The number of nitrogens with zero attached hydrogens (tertiary/aromatic N) is 1. The summed E-state index contributed by atoms with van der Waals surface area (Å²) in [5, 5.41) is 0. The molecule has 0 amide bonds. The van der Waals surface area contributed by atoms with Crippen molar-refractivity contribution in [3.05, 3.63) is 47.7 Å². The summed E-state index contributed by atoms with van der Waals surface area (Å²) in [5.74, 6) is -2.01. The molecule has 0 saturated heterocycles. The van der Waals surface area contributed by atoms with Crippen molar-refractivity contribution < 1.29 is 17.2 Å². The van der Waals surface area contributed by atoms with Crippen LogP contribution >= 0.6 is 0 Å². The van der Waals surface area contributed by atoms with Crippen molar-refractivity contribution in [2.75, 3.05) is 10.5 Å². The van der Waals surface area contributed by atoms with Crippen molar-refractivity contribution in [3.63, 3.8) is 0 Å². The molecular formula is C12H11F2N3O2S. The Hall–Kier alpha value is -2.22. The zero-order valence-electron chi connectivity index (χ0n) is 10.4. The van der Waals surface area contributed by atoms with E-state index in [1.165, 1.54) is 25.1 Å². The van der Waals surface area contributed by atoms with Crippen molar-refractivity contribution in [2.24, 2.45) is 0 Å². The van der Waals surface area contributed by atoms with Gasteiger partial charge in [-0.05, 0) is 36.8 Å². The van der Waals surface area contributed by atoms with Crippen LogP contribution in [0.3, 0.4) is 0 Å². The molecule has 0 aliphatic heterocycles. The zero-order chi connectivity index (χ0) is 14.9. The minimum absolute atomic E-state index is 0.0950. The van der Waals surface area contributed by atoms with Gasteiger partial charge in [0.15, 0.2) is 0 Å². The number of benzene rings is 1. The molecule has 20 heavy (non-hydrogen) atoms. The van der Waals surface area contributed by atoms with Crippen molar-refractivity contribution in [2.45, 2.75) is 11.8 Å². The SMILES string of the molecule is Cc1cc(N)cc(S(=O)(=O)Nc2cccc(F)n2)c1F. The summed E-state index contributed by atoms with van der Waals surface area (Å²) in [7, 11) is -4.24. The number of sulfonamides is 1. The number of pyridine rings is 1. The van der Waals surface area contributed by atoms with Crippen LogP contribution in [0.15, 0.2) is 35.2 Å². The minimum Gasteiger partial charge on any atom is -0.399 e. The lowest BCUT2D eigenvalue weighted by atomic mass is 10.2. The smallest absolute Gasteiger partial charge is 0.266 e. The first-order chi connectivity index (χ1) is 9.29. The van der Waals surface area contributed by atoms with Crippen molar-refractivity contribution in [1.29, 1.82) is 0 Å². The van der Waals surface area contributed by atoms with E-state index in [0.29, 0.717) is 0 Å². The molecule has 2 aromatic rings. The second-order valence-electron chi connectivity index (χ2n) is 4.10. The van der Waals surface area contributed by atoms with Crippen LogP contribution in [0.5, 0.6) is 0 Å². The maximum atomic E-state index is 13.9. The van der Waals surface area contributed by atoms with Crippen LogP contribution < -0.4 is 10.5 Å². The second-order valence-corrected chi connectivity index (χ2v) is 5.75. The molecule has 0 aliphatic carbocycles. The summed E-state index contributed by atoms with van der Waals surface area (Å²) in [4.78, 5) is 2.74. The van der Waals surface area contributed by atoms with Gasteiger partial charge in [-0.1, -0.05) is 6.07 Å². The molecule has 0 unspecified atom stereocenters. The molecule has 0 spiro atoms. The number of nitrogen functional groups attached to an aromatic ring is 1. The highest BCUT2D eigenvalue weighted by Gasteiger charge is 2.22. The topological polar surface area (TPSA) is 85.1 Å². The molecule has 0 saturated carbocycles. The summed E-state index contributed by atoms with van der Waals surface area (Å²) >= 11 is 0. The van der Waals surface area contributed by atoms with Gasteiger partial charge in [-0.15, -0.1) is 0 Å². The van der Waals surface area contributed by atoms with Crippen LogP contribution in [0.25, 0.3) is 0 Å². The number of rotatable bonds is 3. The standard InChI is InChI=1S/C12H11F2N3O2S/c1-7-5-8(15)6-9(12(7)14)20(18,19)17-11-4-2-3-10(13)16-11/h2-6H,15H2,1H3,(H,16,17). The van der Waals surface area contributed by atoms with Crippen LogP contribution in [-0.2, 0) is 10.0 Å². The zero-order valence-corrected chi connectivity index (χ0v) is 11.2. The van der Waals surface area contributed by atoms with Gasteiger partial charge >= 0.3 is 0 Å². The Labute approximate surface area is 114 Å². The summed E-state index contributed by atoms with van der Waals surface area (Å²) < 4.78 is 52.9. The average molecular weight is 299 g/mol. The van der Waals surface area contributed by atoms with Gasteiger partial charge in [-0.3, -0.25) is 4.72 Å². The number of halogens is 2. The van der Waals surface area contributed by atoms with Crippen LogP contribution in [0.2, 0.25) is 0 Å². The van der Waals surface area contributed by atoms with Gasteiger partial charge in [0.05, 0.1) is 0 Å². The summed E-state index contributed by atoms with van der Waals surface area (Å²) in [6.07, 6.45) is 0. The molecule has 1 aromatic heterocycles. The van der Waals surface area contributed by atoms with E-state index in [4.69, 9.17) is 5.73 Å². The molecule has 3 N–H and O–H groups in total. The summed E-state index contributed by atoms with van der Waals surface area (Å²) in [5.41, 5.74) is 5.71. The lowest BCUT2D eigenvalue weighted by Gasteiger charge is -2.10. The molecule has 0 bridgehead atoms. The van der Waals surface area contributed by atoms with Crippen LogP contribution in [0.1, 0.15) is 5.56 Å². The number of nitrogens with one attached hydrogen (secondary N) is 1. The first-order valence-corrected chi connectivity index (χ1v) is 6.99. The van der Waals surface area contributed by atoms with Gasteiger partial charge in [-0.2, -0.15) is 4.39 Å². The van der Waals surface area contributed by atoms with Crippen LogP contribution in [-0.4, -0.2) is 13.4 Å². The van der Waals surface area contributed by atoms with Gasteiger partial charge in [-0.25, -0.2) is 17.8 Å². The third-order valence-corrected chi connectivity index (χ3v) is 3.84. The van der Waals surface area contributed by atoms with E-state index in [-0.39, 0.29) is 17.1 Å². The van der Waals surface area contributed by atoms with Crippen molar-refractivity contribution in [1.82, 2.24) is 4.98 Å². The third-order valence-electron chi connectivity index (χ3n) is 2.49. The average Bonchev–Trinajstić information content (AvgIpc) is 2.33. The number of hydrogen-bond donors (Lipinski definition) is 2. The summed E-state index contributed by atoms with van der Waals surface area (Å²) in [6.45, 7) is 1.39. The predicted molar refractivity (Wildman–Crippen MR) is 70.6 cm³/mol. The molecule has 0 fully saturated rings. The van der Waals surface area contributed by atoms with E-state index in [0.717, 1.165) is 12.1 Å². The Morgan fingerprint density at radius 3 is 2.60 bits per heavy atom. The van der Waals surface area contributed by atoms with E-state index < -0.39 is 26.7 Å². The Morgan fingerprint density at radius 2 is 1.95 bits per heavy atom. The number of hydrogen-bond acceptors (Lipinski definition) is 4. The monoisotopic (exact) mass is 299 g/mol. The molecule has 1 heterocycles. The molecule has 0 aliphatic rings. The normalized spacial score (nSPS) is 11.3. The highest BCUT2D eigenvalue weighted by atomic mass is 32.2. The Bertz CT molecular complexity index is 763. The lowest BCUT2D eigenvalue weighted by molar-refractivity contribution is 0.565. The third kappa shape index (κ3) is 2.85. The van der Waals surface area contributed by atoms with E-state index in [9.17, 15) is 17.2 Å². The highest BCUT2D eigenvalue weighted by Crippen LogP contribution is 2.23. The number of aryl methyl sites for hydroxylation is 1. The quantitative estimate of drug-likeness (QED) is 0.671. The van der Waals surface area contributed by atoms with Gasteiger partial charge in [0, 0.05) is 5.69 Å². The molecular weight excluding hydrogens is 288 g/mol. The fourth-order valence-electron chi connectivity index (χ4n) is 1.62. The van der Waals surface area contributed by atoms with Gasteiger partial charge in [0.25, 0.3) is 10.0 Å².